The van der Waals surface area contributed by atoms with Crippen LogP contribution in [0.15, 0.2) is 60.0 Å². The summed E-state index contributed by atoms with van der Waals surface area (Å²) in [7, 11) is 0. The first kappa shape index (κ1) is 23.3. The van der Waals surface area contributed by atoms with E-state index in [-0.39, 0.29) is 17.4 Å². The van der Waals surface area contributed by atoms with E-state index in [4.69, 9.17) is 0 Å². The summed E-state index contributed by atoms with van der Waals surface area (Å²) in [5.74, 6) is -1.35. The molecule has 1 heterocycles. The number of nitrogens with zero attached hydrogens (tertiary/aromatic N) is 2. The molecule has 2 atom stereocenters. The highest BCUT2D eigenvalue weighted by atomic mass is 32.1. The fourth-order valence-corrected chi connectivity index (χ4v) is 4.33. The quantitative estimate of drug-likeness (QED) is 0.278. The molecular weight excluding hydrogens is 426 g/mol. The molecule has 2 aromatic carbocycles. The van der Waals surface area contributed by atoms with Gasteiger partial charge < -0.3 is 5.32 Å². The van der Waals surface area contributed by atoms with Gasteiger partial charge in [-0.1, -0.05) is 49.4 Å². The summed E-state index contributed by atoms with van der Waals surface area (Å²) in [6.45, 7) is 3.44. The third-order valence-electron chi connectivity index (χ3n) is 5.22. The maximum Gasteiger partial charge on any atom is 0.269 e. The molecule has 0 spiro atoms. The number of hydrogen-bond acceptors (Lipinski definition) is 6. The molecule has 3 rings (SSSR count). The molecule has 166 valence electrons. The number of carbonyl (C=O) groups excluding carboxylic acids is 2. The van der Waals surface area contributed by atoms with E-state index in [1.54, 1.807) is 12.1 Å². The lowest BCUT2D eigenvalue weighted by molar-refractivity contribution is -0.384. The fourth-order valence-electron chi connectivity index (χ4n) is 3.38. The van der Waals surface area contributed by atoms with Crippen LogP contribution in [0.5, 0.6) is 0 Å². The number of amides is 1. The SMILES string of the molecule is CCc1csc([C@H](Cc2ccc([N+](=O)[O-])cc2)NC(=O)C(Cc2ccccc2)C(C)=O)n1. The maximum atomic E-state index is 13.1. The number of nitro groups is 1. The van der Waals surface area contributed by atoms with Crippen molar-refractivity contribution in [2.75, 3.05) is 0 Å². The van der Waals surface area contributed by atoms with Gasteiger partial charge in [-0.05, 0) is 37.3 Å². The summed E-state index contributed by atoms with van der Waals surface area (Å²) < 4.78 is 0. The van der Waals surface area contributed by atoms with Gasteiger partial charge in [0.05, 0.1) is 16.7 Å². The number of ketones is 1. The Balaban J connectivity index is 1.82. The predicted octanol–water partition coefficient (Wildman–Crippen LogP) is 4.46. The second kappa shape index (κ2) is 10.8. The Kier molecular flexibility index (Phi) is 7.83. The third-order valence-corrected chi connectivity index (χ3v) is 6.23. The van der Waals surface area contributed by atoms with Crippen molar-refractivity contribution in [3.05, 3.63) is 91.9 Å². The molecule has 0 aliphatic rings. The van der Waals surface area contributed by atoms with Crippen LogP contribution in [-0.4, -0.2) is 21.6 Å². The van der Waals surface area contributed by atoms with Crippen molar-refractivity contribution in [3.63, 3.8) is 0 Å². The van der Waals surface area contributed by atoms with Crippen molar-refractivity contribution >= 4 is 28.7 Å². The highest BCUT2D eigenvalue weighted by molar-refractivity contribution is 7.09. The maximum absolute atomic E-state index is 13.1. The Morgan fingerprint density at radius 3 is 2.28 bits per heavy atom. The van der Waals surface area contributed by atoms with E-state index in [0.717, 1.165) is 28.2 Å². The highest BCUT2D eigenvalue weighted by Crippen LogP contribution is 2.25. The lowest BCUT2D eigenvalue weighted by Crippen LogP contribution is -2.38. The minimum absolute atomic E-state index is 0.0105. The summed E-state index contributed by atoms with van der Waals surface area (Å²) in [4.78, 5) is 40.5. The van der Waals surface area contributed by atoms with Gasteiger partial charge in [-0.2, -0.15) is 0 Å². The number of carbonyl (C=O) groups is 2. The van der Waals surface area contributed by atoms with Crippen molar-refractivity contribution in [1.29, 1.82) is 0 Å². The van der Waals surface area contributed by atoms with E-state index >= 15 is 0 Å². The Labute approximate surface area is 190 Å². The minimum Gasteiger partial charge on any atom is -0.346 e. The number of thiazole rings is 1. The Bertz CT molecular complexity index is 1080. The van der Waals surface area contributed by atoms with Crippen LogP contribution in [-0.2, 0) is 28.9 Å². The zero-order valence-electron chi connectivity index (χ0n) is 18.0. The minimum atomic E-state index is -0.803. The van der Waals surface area contributed by atoms with Gasteiger partial charge in [0.25, 0.3) is 5.69 Å². The number of aryl methyl sites for hydroxylation is 1. The normalized spacial score (nSPS) is 12.7. The first-order valence-electron chi connectivity index (χ1n) is 10.4. The topological polar surface area (TPSA) is 102 Å². The van der Waals surface area contributed by atoms with Gasteiger partial charge in [-0.25, -0.2) is 4.98 Å². The molecule has 1 N–H and O–H groups in total. The molecule has 8 heteroatoms. The van der Waals surface area contributed by atoms with E-state index in [1.165, 1.54) is 30.4 Å². The molecule has 3 aromatic rings. The van der Waals surface area contributed by atoms with Gasteiger partial charge in [0.2, 0.25) is 5.91 Å². The lowest BCUT2D eigenvalue weighted by Gasteiger charge is -2.21. The zero-order chi connectivity index (χ0) is 23.1. The molecule has 0 saturated carbocycles. The molecule has 32 heavy (non-hydrogen) atoms. The van der Waals surface area contributed by atoms with Crippen molar-refractivity contribution in [3.8, 4) is 0 Å². The van der Waals surface area contributed by atoms with E-state index in [1.807, 2.05) is 42.6 Å². The monoisotopic (exact) mass is 451 g/mol. The average Bonchev–Trinajstić information content (AvgIpc) is 3.27. The molecule has 0 bridgehead atoms. The molecule has 1 aromatic heterocycles. The van der Waals surface area contributed by atoms with Crippen molar-refractivity contribution in [1.82, 2.24) is 10.3 Å². The number of non-ortho nitro benzene ring substituents is 1. The summed E-state index contributed by atoms with van der Waals surface area (Å²) in [5, 5.41) is 16.6. The molecule has 0 aliphatic heterocycles. The van der Waals surface area contributed by atoms with Crippen molar-refractivity contribution < 1.29 is 14.5 Å². The van der Waals surface area contributed by atoms with Crippen molar-refractivity contribution in [2.24, 2.45) is 5.92 Å². The number of benzene rings is 2. The molecule has 1 amide bonds. The van der Waals surface area contributed by atoms with E-state index in [0.29, 0.717) is 12.8 Å². The second-order valence-electron chi connectivity index (χ2n) is 7.57. The first-order valence-corrected chi connectivity index (χ1v) is 11.3. The first-order chi connectivity index (χ1) is 15.4. The molecular formula is C24H25N3O4S. The van der Waals surface area contributed by atoms with Gasteiger partial charge in [-0.15, -0.1) is 11.3 Å². The van der Waals surface area contributed by atoms with Gasteiger partial charge in [0, 0.05) is 17.5 Å². The summed E-state index contributed by atoms with van der Waals surface area (Å²) >= 11 is 1.46. The van der Waals surface area contributed by atoms with Crippen LogP contribution < -0.4 is 5.32 Å². The number of rotatable bonds is 10. The van der Waals surface area contributed by atoms with Crippen LogP contribution in [0.2, 0.25) is 0 Å². The Morgan fingerprint density at radius 1 is 1.06 bits per heavy atom. The summed E-state index contributed by atoms with van der Waals surface area (Å²) in [6, 6.07) is 15.2. The van der Waals surface area contributed by atoms with E-state index < -0.39 is 16.9 Å². The standard InChI is InChI=1S/C24H25N3O4S/c1-3-19-15-32-24(25-19)22(14-18-9-11-20(12-10-18)27(30)31)26-23(29)21(16(2)28)13-17-7-5-4-6-8-17/h4-12,15,21-22H,3,13-14H2,1-2H3,(H,26,29)/t21?,22-/m0/s1. The van der Waals surface area contributed by atoms with Crippen LogP contribution in [0.1, 0.15) is 41.7 Å². The molecule has 0 radical (unpaired) electrons. The smallest absolute Gasteiger partial charge is 0.269 e. The van der Waals surface area contributed by atoms with E-state index in [2.05, 4.69) is 10.3 Å². The van der Waals surface area contributed by atoms with E-state index in [9.17, 15) is 19.7 Å². The molecule has 7 nitrogen and oxygen atoms in total. The number of nitro benzene ring substituents is 1. The lowest BCUT2D eigenvalue weighted by atomic mass is 9.94. The third kappa shape index (κ3) is 6.07. The number of nitrogens with one attached hydrogen (secondary N) is 1. The summed E-state index contributed by atoms with van der Waals surface area (Å²) in [6.07, 6.45) is 1.51. The number of aromatic nitrogens is 1. The van der Waals surface area contributed by atoms with Gasteiger partial charge in [0.1, 0.15) is 16.7 Å². The zero-order valence-corrected chi connectivity index (χ0v) is 18.8. The van der Waals surface area contributed by atoms with Crippen LogP contribution in [0, 0.1) is 16.0 Å². The number of hydrogen-bond donors (Lipinski definition) is 1. The van der Waals surface area contributed by atoms with Gasteiger partial charge >= 0.3 is 0 Å². The van der Waals surface area contributed by atoms with Crippen LogP contribution in [0.3, 0.4) is 0 Å². The van der Waals surface area contributed by atoms with Crippen molar-refractivity contribution in [2.45, 2.75) is 39.2 Å². The van der Waals surface area contributed by atoms with Gasteiger partial charge in [-0.3, -0.25) is 19.7 Å². The largest absolute Gasteiger partial charge is 0.346 e. The molecule has 0 aliphatic carbocycles. The Morgan fingerprint density at radius 2 is 1.72 bits per heavy atom. The molecule has 1 unspecified atom stereocenters. The number of Topliss-reactive ketones (excluding diaryl/α,β-unsaturated/α-hetero) is 1. The average molecular weight is 452 g/mol. The van der Waals surface area contributed by atoms with Crippen LogP contribution >= 0.6 is 11.3 Å². The van der Waals surface area contributed by atoms with Gasteiger partial charge in [0.15, 0.2) is 0 Å². The predicted molar refractivity (Wildman–Crippen MR) is 123 cm³/mol. The Hall–Kier alpha value is -3.39. The van der Waals surface area contributed by atoms with Crippen LogP contribution in [0.4, 0.5) is 5.69 Å². The molecule has 0 saturated heterocycles. The summed E-state index contributed by atoms with van der Waals surface area (Å²) in [5.41, 5.74) is 2.69. The second-order valence-corrected chi connectivity index (χ2v) is 8.46. The van der Waals surface area contributed by atoms with Crippen LogP contribution in [0.25, 0.3) is 0 Å². The fraction of sp³-hybridized carbons (Fsp3) is 0.292. The highest BCUT2D eigenvalue weighted by Gasteiger charge is 2.27. The molecule has 0 fully saturated rings.